The molecular formula is C16H19N3O2. The summed E-state index contributed by atoms with van der Waals surface area (Å²) in [5.41, 5.74) is 3.47. The van der Waals surface area contributed by atoms with Crippen molar-refractivity contribution in [3.63, 3.8) is 0 Å². The number of carbonyl (C=O) groups excluding carboxylic acids is 1. The second kappa shape index (κ2) is 6.74. The lowest BCUT2D eigenvalue weighted by Gasteiger charge is -2.11. The molecule has 0 radical (unpaired) electrons. The third kappa shape index (κ3) is 3.72. The number of benzene rings is 1. The van der Waals surface area contributed by atoms with Gasteiger partial charge in [0.15, 0.2) is 0 Å². The van der Waals surface area contributed by atoms with Gasteiger partial charge in [-0.3, -0.25) is 4.79 Å². The molecule has 1 aromatic carbocycles. The molecule has 0 saturated heterocycles. The van der Waals surface area contributed by atoms with E-state index < -0.39 is 0 Å². The molecule has 0 aliphatic carbocycles. The molecular weight excluding hydrogens is 266 g/mol. The first-order valence-corrected chi connectivity index (χ1v) is 6.69. The Labute approximate surface area is 124 Å². The maximum atomic E-state index is 12.2. The minimum atomic E-state index is -0.116. The first-order valence-electron chi connectivity index (χ1n) is 6.69. The Balaban J connectivity index is 2.04. The van der Waals surface area contributed by atoms with E-state index in [1.54, 1.807) is 26.4 Å². The van der Waals surface area contributed by atoms with Crippen LogP contribution in [0, 0.1) is 6.92 Å². The zero-order valence-electron chi connectivity index (χ0n) is 12.4. The Morgan fingerprint density at radius 3 is 2.71 bits per heavy atom. The first-order chi connectivity index (χ1) is 10.1. The zero-order valence-corrected chi connectivity index (χ0v) is 12.4. The van der Waals surface area contributed by atoms with Crippen LogP contribution in [0.3, 0.4) is 0 Å². The Kier molecular flexibility index (Phi) is 4.77. The topological polar surface area (TPSA) is 63.2 Å². The van der Waals surface area contributed by atoms with Crippen molar-refractivity contribution in [3.05, 3.63) is 53.2 Å². The monoisotopic (exact) mass is 285 g/mol. The van der Waals surface area contributed by atoms with Gasteiger partial charge < -0.3 is 15.4 Å². The molecule has 5 heteroatoms. The summed E-state index contributed by atoms with van der Waals surface area (Å²) in [5.74, 6) is 0.441. The second-order valence-corrected chi connectivity index (χ2v) is 4.69. The van der Waals surface area contributed by atoms with Gasteiger partial charge in [-0.05, 0) is 30.2 Å². The molecule has 0 bridgehead atoms. The number of hydrogen-bond acceptors (Lipinski definition) is 4. The molecule has 1 amide bonds. The minimum absolute atomic E-state index is 0.116. The van der Waals surface area contributed by atoms with Crippen LogP contribution >= 0.6 is 0 Å². The summed E-state index contributed by atoms with van der Waals surface area (Å²) < 4.78 is 5.00. The summed E-state index contributed by atoms with van der Waals surface area (Å²) in [7, 11) is 3.37. The minimum Gasteiger partial charge on any atom is -0.481 e. The van der Waals surface area contributed by atoms with Gasteiger partial charge in [-0.1, -0.05) is 12.1 Å². The van der Waals surface area contributed by atoms with Crippen LogP contribution < -0.4 is 15.4 Å². The molecule has 0 atom stereocenters. The average Bonchev–Trinajstić information content (AvgIpc) is 2.52. The van der Waals surface area contributed by atoms with Crippen molar-refractivity contribution in [2.24, 2.45) is 0 Å². The van der Waals surface area contributed by atoms with Crippen LogP contribution in [0.2, 0.25) is 0 Å². The quantitative estimate of drug-likeness (QED) is 0.885. The number of anilines is 1. The van der Waals surface area contributed by atoms with Gasteiger partial charge >= 0.3 is 0 Å². The predicted octanol–water partition coefficient (Wildman–Crippen LogP) is 2.37. The molecule has 0 spiro atoms. The molecule has 0 unspecified atom stereocenters. The fourth-order valence-electron chi connectivity index (χ4n) is 1.98. The van der Waals surface area contributed by atoms with Crippen LogP contribution in [0.4, 0.5) is 5.69 Å². The van der Waals surface area contributed by atoms with E-state index in [0.29, 0.717) is 18.0 Å². The molecule has 0 saturated carbocycles. The van der Waals surface area contributed by atoms with Crippen LogP contribution in [0.1, 0.15) is 21.5 Å². The molecule has 1 aromatic heterocycles. The summed E-state index contributed by atoms with van der Waals surface area (Å²) >= 11 is 0. The van der Waals surface area contributed by atoms with Crippen LogP contribution in [0.25, 0.3) is 0 Å². The Morgan fingerprint density at radius 2 is 2.10 bits per heavy atom. The third-order valence-corrected chi connectivity index (χ3v) is 3.15. The van der Waals surface area contributed by atoms with E-state index in [2.05, 4.69) is 15.6 Å². The summed E-state index contributed by atoms with van der Waals surface area (Å²) in [6.45, 7) is 2.42. The molecule has 21 heavy (non-hydrogen) atoms. The lowest BCUT2D eigenvalue weighted by atomic mass is 10.1. The van der Waals surface area contributed by atoms with Crippen LogP contribution in [0.15, 0.2) is 36.5 Å². The highest BCUT2D eigenvalue weighted by atomic mass is 16.5. The van der Waals surface area contributed by atoms with Crippen molar-refractivity contribution < 1.29 is 9.53 Å². The summed E-state index contributed by atoms with van der Waals surface area (Å²) in [6, 6.07) is 9.34. The molecule has 0 fully saturated rings. The lowest BCUT2D eigenvalue weighted by Crippen LogP contribution is -2.23. The van der Waals surface area contributed by atoms with Gasteiger partial charge in [0.2, 0.25) is 5.88 Å². The lowest BCUT2D eigenvalue weighted by molar-refractivity contribution is 0.0951. The highest BCUT2D eigenvalue weighted by molar-refractivity contribution is 5.99. The number of amides is 1. The van der Waals surface area contributed by atoms with E-state index in [1.165, 1.54) is 0 Å². The van der Waals surface area contributed by atoms with E-state index >= 15 is 0 Å². The zero-order chi connectivity index (χ0) is 15.2. The Hall–Kier alpha value is -2.56. The molecule has 110 valence electrons. The SMILES string of the molecule is CNc1cc(C)ccc1C(=O)NCc1ccc(OC)nc1. The summed E-state index contributed by atoms with van der Waals surface area (Å²) in [5, 5.41) is 5.93. The molecule has 2 aromatic rings. The summed E-state index contributed by atoms with van der Waals surface area (Å²) in [4.78, 5) is 16.3. The van der Waals surface area contributed by atoms with Gasteiger partial charge in [0.25, 0.3) is 5.91 Å². The number of hydrogen-bond donors (Lipinski definition) is 2. The number of rotatable bonds is 5. The molecule has 2 rings (SSSR count). The molecule has 1 heterocycles. The van der Waals surface area contributed by atoms with Gasteiger partial charge in [0.05, 0.1) is 12.7 Å². The van der Waals surface area contributed by atoms with Crippen LogP contribution in [0.5, 0.6) is 5.88 Å². The smallest absolute Gasteiger partial charge is 0.253 e. The Morgan fingerprint density at radius 1 is 1.29 bits per heavy atom. The number of aromatic nitrogens is 1. The maximum absolute atomic E-state index is 12.2. The number of pyridine rings is 1. The third-order valence-electron chi connectivity index (χ3n) is 3.15. The van der Waals surface area contributed by atoms with Gasteiger partial charge in [0.1, 0.15) is 0 Å². The largest absolute Gasteiger partial charge is 0.481 e. The second-order valence-electron chi connectivity index (χ2n) is 4.69. The highest BCUT2D eigenvalue weighted by Gasteiger charge is 2.10. The van der Waals surface area contributed by atoms with Crippen LogP contribution in [-0.2, 0) is 6.54 Å². The van der Waals surface area contributed by atoms with E-state index in [1.807, 2.05) is 31.2 Å². The van der Waals surface area contributed by atoms with Crippen molar-refractivity contribution in [1.82, 2.24) is 10.3 Å². The number of aryl methyl sites for hydroxylation is 1. The Bertz CT molecular complexity index is 624. The molecule has 0 aliphatic rings. The van der Waals surface area contributed by atoms with Gasteiger partial charge in [-0.15, -0.1) is 0 Å². The molecule has 5 nitrogen and oxygen atoms in total. The van der Waals surface area contributed by atoms with Crippen molar-refractivity contribution >= 4 is 11.6 Å². The molecule has 0 aliphatic heterocycles. The van der Waals surface area contributed by atoms with E-state index in [-0.39, 0.29) is 5.91 Å². The number of carbonyl (C=O) groups is 1. The van der Waals surface area contributed by atoms with Crippen molar-refractivity contribution in [1.29, 1.82) is 0 Å². The van der Waals surface area contributed by atoms with E-state index in [9.17, 15) is 4.79 Å². The van der Waals surface area contributed by atoms with Crippen molar-refractivity contribution in [2.75, 3.05) is 19.5 Å². The van der Waals surface area contributed by atoms with E-state index in [0.717, 1.165) is 16.8 Å². The van der Waals surface area contributed by atoms with Crippen LogP contribution in [-0.4, -0.2) is 25.0 Å². The van der Waals surface area contributed by atoms with Crippen molar-refractivity contribution in [2.45, 2.75) is 13.5 Å². The number of nitrogens with zero attached hydrogens (tertiary/aromatic N) is 1. The fourth-order valence-corrected chi connectivity index (χ4v) is 1.98. The van der Waals surface area contributed by atoms with Crippen molar-refractivity contribution in [3.8, 4) is 5.88 Å². The number of nitrogens with one attached hydrogen (secondary N) is 2. The maximum Gasteiger partial charge on any atom is 0.253 e. The number of methoxy groups -OCH3 is 1. The normalized spacial score (nSPS) is 10.0. The number of ether oxygens (including phenoxy) is 1. The standard InChI is InChI=1S/C16H19N3O2/c1-11-4-6-13(14(8-11)17-2)16(20)19-10-12-5-7-15(21-3)18-9-12/h4-9,17H,10H2,1-3H3,(H,19,20). The van der Waals surface area contributed by atoms with Gasteiger partial charge in [0, 0.05) is 31.5 Å². The van der Waals surface area contributed by atoms with E-state index in [4.69, 9.17) is 4.74 Å². The fraction of sp³-hybridized carbons (Fsp3) is 0.250. The van der Waals surface area contributed by atoms with Gasteiger partial charge in [-0.2, -0.15) is 0 Å². The molecule has 2 N–H and O–H groups in total. The predicted molar refractivity (Wildman–Crippen MR) is 82.7 cm³/mol. The first kappa shape index (κ1) is 14.8. The summed E-state index contributed by atoms with van der Waals surface area (Å²) in [6.07, 6.45) is 1.69. The average molecular weight is 285 g/mol. The highest BCUT2D eigenvalue weighted by Crippen LogP contribution is 2.17. The van der Waals surface area contributed by atoms with Gasteiger partial charge in [-0.25, -0.2) is 4.98 Å².